The van der Waals surface area contributed by atoms with Gasteiger partial charge in [-0.2, -0.15) is 0 Å². The van der Waals surface area contributed by atoms with E-state index in [0.717, 1.165) is 36.9 Å². The van der Waals surface area contributed by atoms with Gasteiger partial charge in [0.2, 0.25) is 0 Å². The fraction of sp³-hybridized carbons (Fsp3) is 0.364. The highest BCUT2D eigenvalue weighted by atomic mass is 32.2. The summed E-state index contributed by atoms with van der Waals surface area (Å²) in [5, 5.41) is 0. The number of ether oxygens (including phenoxy) is 1. The van der Waals surface area contributed by atoms with Gasteiger partial charge in [-0.1, -0.05) is 24.4 Å². The highest BCUT2D eigenvalue weighted by Gasteiger charge is 2.14. The molecule has 0 spiro atoms. The number of rotatable bonds is 5. The number of hydrogen-bond donors (Lipinski definition) is 0. The molecule has 2 aromatic carbocycles. The van der Waals surface area contributed by atoms with E-state index in [2.05, 4.69) is 4.90 Å². The number of carbonyl (C=O) groups excluding carboxylic acids is 1. The van der Waals surface area contributed by atoms with Crippen LogP contribution in [0.4, 0.5) is 8.78 Å². The predicted molar refractivity (Wildman–Crippen MR) is 125 cm³/mol. The molecule has 1 aliphatic heterocycles. The quantitative estimate of drug-likeness (QED) is 0.326. The lowest BCUT2D eigenvalue weighted by molar-refractivity contribution is 0.0684. The zero-order valence-electron chi connectivity index (χ0n) is 17.2. The molecule has 0 aliphatic carbocycles. The van der Waals surface area contributed by atoms with Gasteiger partial charge in [-0.05, 0) is 49.3 Å². The van der Waals surface area contributed by atoms with Crippen LogP contribution in [0.3, 0.4) is 0 Å². The second-order valence-electron chi connectivity index (χ2n) is 6.54. The highest BCUT2D eigenvalue weighted by Crippen LogP contribution is 2.21. The molecule has 0 radical (unpaired) electrons. The molecule has 162 valence electrons. The molecule has 2 aromatic rings. The zero-order valence-corrected chi connectivity index (χ0v) is 19.7. The first-order valence-corrected chi connectivity index (χ1v) is 12.2. The monoisotopic (exact) mass is 469 g/mol. The topological polar surface area (TPSA) is 29.5 Å². The van der Waals surface area contributed by atoms with Gasteiger partial charge in [0.05, 0.1) is 18.2 Å². The van der Waals surface area contributed by atoms with Gasteiger partial charge in [0.1, 0.15) is 11.6 Å². The second-order valence-corrected chi connectivity index (χ2v) is 8.71. The summed E-state index contributed by atoms with van der Waals surface area (Å²) in [6.45, 7) is 4.54. The maximum absolute atomic E-state index is 13.6. The normalized spacial score (nSPS) is 13.4. The number of halogens is 2. The summed E-state index contributed by atoms with van der Waals surface area (Å²) in [6.07, 6.45) is 4.29. The number of ketones is 1. The van der Waals surface area contributed by atoms with Crippen LogP contribution in [0.1, 0.15) is 22.8 Å². The average molecular weight is 470 g/mol. The fourth-order valence-corrected chi connectivity index (χ4v) is 4.07. The number of thioether (sulfide) groups is 2. The summed E-state index contributed by atoms with van der Waals surface area (Å²) >= 11 is 8.15. The first kappa shape index (κ1) is 24.8. The van der Waals surface area contributed by atoms with Crippen molar-refractivity contribution in [3.63, 3.8) is 0 Å². The van der Waals surface area contributed by atoms with Crippen LogP contribution in [0.15, 0.2) is 46.2 Å². The Morgan fingerprint density at radius 1 is 1.03 bits per heavy atom. The zero-order chi connectivity index (χ0) is 22.1. The number of morpholine rings is 1. The van der Waals surface area contributed by atoms with E-state index < -0.39 is 0 Å². The SMILES string of the molecule is CSc1ccc(C(C)=O)cc1F.CSc1ccc(CC(=S)N2CCOCC2)cc1F. The lowest BCUT2D eigenvalue weighted by Crippen LogP contribution is -2.40. The van der Waals surface area contributed by atoms with Crippen molar-refractivity contribution in [2.24, 2.45) is 0 Å². The summed E-state index contributed by atoms with van der Waals surface area (Å²) < 4.78 is 32.0. The fourth-order valence-electron chi connectivity index (χ4n) is 2.80. The molecule has 3 nitrogen and oxygen atoms in total. The molecular formula is C22H25F2NO2S3. The lowest BCUT2D eigenvalue weighted by Gasteiger charge is -2.29. The number of nitrogens with zero attached hydrogens (tertiary/aromatic N) is 1. The number of carbonyl (C=O) groups is 1. The molecule has 0 N–H and O–H groups in total. The van der Waals surface area contributed by atoms with Crippen LogP contribution in [-0.2, 0) is 11.2 Å². The highest BCUT2D eigenvalue weighted by molar-refractivity contribution is 7.98. The summed E-state index contributed by atoms with van der Waals surface area (Å²) in [5.41, 5.74) is 1.35. The Morgan fingerprint density at radius 2 is 1.60 bits per heavy atom. The molecular weight excluding hydrogens is 444 g/mol. The minimum atomic E-state index is -0.324. The second kappa shape index (κ2) is 12.4. The van der Waals surface area contributed by atoms with E-state index in [-0.39, 0.29) is 17.4 Å². The van der Waals surface area contributed by atoms with Gasteiger partial charge in [0.15, 0.2) is 5.78 Å². The van der Waals surface area contributed by atoms with E-state index >= 15 is 0 Å². The predicted octanol–water partition coefficient (Wildman–Crippen LogP) is 5.50. The van der Waals surface area contributed by atoms with Gasteiger partial charge in [0.25, 0.3) is 0 Å². The van der Waals surface area contributed by atoms with Gasteiger partial charge in [0, 0.05) is 34.9 Å². The summed E-state index contributed by atoms with van der Waals surface area (Å²) in [6, 6.07) is 9.87. The van der Waals surface area contributed by atoms with Crippen LogP contribution in [0.5, 0.6) is 0 Å². The van der Waals surface area contributed by atoms with Crippen LogP contribution in [0.25, 0.3) is 0 Å². The minimum Gasteiger partial charge on any atom is -0.378 e. The lowest BCUT2D eigenvalue weighted by atomic mass is 10.1. The van der Waals surface area contributed by atoms with Crippen molar-refractivity contribution in [2.75, 3.05) is 38.8 Å². The van der Waals surface area contributed by atoms with E-state index in [1.165, 1.54) is 36.5 Å². The minimum absolute atomic E-state index is 0.110. The van der Waals surface area contributed by atoms with Crippen molar-refractivity contribution in [1.82, 2.24) is 4.90 Å². The molecule has 1 saturated heterocycles. The molecule has 0 saturated carbocycles. The van der Waals surface area contributed by atoms with E-state index in [9.17, 15) is 13.6 Å². The number of thiocarbonyl (C=S) groups is 1. The molecule has 3 rings (SSSR count). The molecule has 1 heterocycles. The molecule has 0 unspecified atom stereocenters. The standard InChI is InChI=1S/C13H16FNOS2.C9H9FOS/c1-18-12-3-2-10(8-11(12)14)9-13(17)15-4-6-16-7-5-15;1-6(11)7-3-4-9(12-2)8(10)5-7/h2-3,8H,4-7,9H2,1H3;3-5H,1-2H3. The Bertz CT molecular complexity index is 887. The Morgan fingerprint density at radius 3 is 2.10 bits per heavy atom. The van der Waals surface area contributed by atoms with Crippen molar-refractivity contribution in [3.8, 4) is 0 Å². The Balaban J connectivity index is 0.000000232. The van der Waals surface area contributed by atoms with Crippen molar-refractivity contribution in [3.05, 3.63) is 59.2 Å². The third-order valence-electron chi connectivity index (χ3n) is 4.49. The van der Waals surface area contributed by atoms with E-state index in [4.69, 9.17) is 17.0 Å². The molecule has 0 atom stereocenters. The van der Waals surface area contributed by atoms with Crippen molar-refractivity contribution >= 4 is 46.5 Å². The third kappa shape index (κ3) is 7.34. The van der Waals surface area contributed by atoms with Gasteiger partial charge < -0.3 is 9.64 Å². The number of hydrogen-bond acceptors (Lipinski definition) is 5. The Kier molecular flexibility index (Phi) is 10.2. The maximum Gasteiger partial charge on any atom is 0.159 e. The van der Waals surface area contributed by atoms with E-state index in [0.29, 0.717) is 21.8 Å². The molecule has 0 amide bonds. The van der Waals surface area contributed by atoms with Crippen molar-refractivity contribution < 1.29 is 18.3 Å². The van der Waals surface area contributed by atoms with E-state index in [1.807, 2.05) is 18.4 Å². The molecule has 1 aliphatic rings. The molecule has 0 bridgehead atoms. The number of Topliss-reactive ketones (excluding diaryl/α,β-unsaturated/α-hetero) is 1. The van der Waals surface area contributed by atoms with Crippen LogP contribution in [0, 0.1) is 11.6 Å². The van der Waals surface area contributed by atoms with Crippen LogP contribution in [-0.4, -0.2) is 54.5 Å². The summed E-state index contributed by atoms with van der Waals surface area (Å²) in [4.78, 5) is 15.1. The smallest absolute Gasteiger partial charge is 0.159 e. The first-order chi connectivity index (χ1) is 14.3. The Labute approximate surface area is 190 Å². The van der Waals surface area contributed by atoms with Gasteiger partial charge >= 0.3 is 0 Å². The van der Waals surface area contributed by atoms with Crippen LogP contribution in [0.2, 0.25) is 0 Å². The summed E-state index contributed by atoms with van der Waals surface area (Å²) in [7, 11) is 0. The average Bonchev–Trinajstić information content (AvgIpc) is 2.75. The third-order valence-corrected chi connectivity index (χ3v) is 6.44. The molecule has 30 heavy (non-hydrogen) atoms. The Hall–Kier alpha value is -1.48. The van der Waals surface area contributed by atoms with E-state index in [1.54, 1.807) is 24.5 Å². The molecule has 1 fully saturated rings. The first-order valence-electron chi connectivity index (χ1n) is 9.38. The molecule has 8 heteroatoms. The van der Waals surface area contributed by atoms with Crippen molar-refractivity contribution in [2.45, 2.75) is 23.1 Å². The van der Waals surface area contributed by atoms with Crippen LogP contribution >= 0.6 is 35.7 Å². The molecule has 0 aromatic heterocycles. The maximum atomic E-state index is 13.6. The van der Waals surface area contributed by atoms with Gasteiger partial charge in [-0.15, -0.1) is 23.5 Å². The number of benzene rings is 2. The van der Waals surface area contributed by atoms with Crippen molar-refractivity contribution in [1.29, 1.82) is 0 Å². The van der Waals surface area contributed by atoms with Crippen LogP contribution < -0.4 is 0 Å². The van der Waals surface area contributed by atoms with Gasteiger partial charge in [-0.3, -0.25) is 4.79 Å². The van der Waals surface area contributed by atoms with Gasteiger partial charge in [-0.25, -0.2) is 8.78 Å². The largest absolute Gasteiger partial charge is 0.378 e. The summed E-state index contributed by atoms with van der Waals surface area (Å²) in [5.74, 6) is -0.596.